The molecule has 2 nitrogen and oxygen atoms in total. The van der Waals surface area contributed by atoms with Gasteiger partial charge in [0.1, 0.15) is 0 Å². The molecule has 0 saturated heterocycles. The quantitative estimate of drug-likeness (QED) is 0.172. The highest BCUT2D eigenvalue weighted by Crippen LogP contribution is 2.56. The molecule has 0 N–H and O–H groups in total. The van der Waals surface area contributed by atoms with Crippen molar-refractivity contribution in [2.45, 2.75) is 19.3 Å². The van der Waals surface area contributed by atoms with E-state index in [1.165, 1.54) is 77.4 Å². The Kier molecular flexibility index (Phi) is 7.67. The maximum absolute atomic E-state index is 7.15. The lowest BCUT2D eigenvalue weighted by atomic mass is 9.82. The van der Waals surface area contributed by atoms with Crippen LogP contribution in [0.4, 0.5) is 17.1 Å². The molecule has 0 fully saturated rings. The first-order chi connectivity index (χ1) is 29.5. The van der Waals surface area contributed by atoms with Crippen molar-refractivity contribution in [1.29, 1.82) is 0 Å². The Labute approximate surface area is 355 Å². The van der Waals surface area contributed by atoms with Gasteiger partial charge in [-0.3, -0.25) is 0 Å². The zero-order valence-electron chi connectivity index (χ0n) is 33.3. The fourth-order valence-electron chi connectivity index (χ4n) is 10.2. The van der Waals surface area contributed by atoms with E-state index in [9.17, 15) is 0 Å². The number of fused-ring (bicyclic) bond motifs is 11. The molecule has 0 bridgehead atoms. The number of hydrogen-bond acceptors (Lipinski definition) is 1. The lowest BCUT2D eigenvalue weighted by Gasteiger charge is -2.28. The minimum atomic E-state index is -0.0794. The Bertz CT molecular complexity index is 3370. The molecule has 0 amide bonds. The standard InChI is InChI=1S/C57H39ClN2/c1-57(2)48-22-10-8-20-44(48)56-40(21-14-23-49(56)57)38-29-32-54-46(35-38)42-18-7-6-17-41(42)45-33-36(28-31-53(45)60(54)55-26-13-11-24-50(55)58)37-27-30-52-47(34-37)43-19-9-12-25-51(43)59(52)39-15-4-3-5-16-39/h3-35H,1-2H3. The number of aromatic nitrogens is 1. The van der Waals surface area contributed by atoms with Crippen molar-refractivity contribution in [2.24, 2.45) is 0 Å². The molecule has 284 valence electrons. The molecule has 2 aliphatic rings. The van der Waals surface area contributed by atoms with Crippen LogP contribution in [0.25, 0.3) is 83.1 Å². The molecule has 9 aromatic carbocycles. The summed E-state index contributed by atoms with van der Waals surface area (Å²) in [5, 5.41) is 3.18. The third-order valence-corrected chi connectivity index (χ3v) is 13.3. The Balaban J connectivity index is 1.07. The molecule has 0 unspecified atom stereocenters. The normalized spacial score (nSPS) is 13.3. The number of hydrogen-bond donors (Lipinski definition) is 0. The van der Waals surface area contributed by atoms with Crippen molar-refractivity contribution in [1.82, 2.24) is 4.57 Å². The van der Waals surface area contributed by atoms with Crippen LogP contribution in [0, 0.1) is 0 Å². The molecule has 0 saturated carbocycles. The van der Waals surface area contributed by atoms with Gasteiger partial charge in [-0.25, -0.2) is 0 Å². The monoisotopic (exact) mass is 786 g/mol. The SMILES string of the molecule is CC1(C)c2ccccc2-c2c(-c3ccc4c(c3)-c3ccccc3-c3cc(-c5ccc6c(c5)c5ccccc5n6-c5ccccc5)ccc3N4c3ccccc3Cl)cccc21. The van der Waals surface area contributed by atoms with Crippen molar-refractivity contribution < 1.29 is 0 Å². The molecule has 1 aliphatic carbocycles. The summed E-state index contributed by atoms with van der Waals surface area (Å²) in [6.45, 7) is 4.70. The molecule has 0 spiro atoms. The molecular weight excluding hydrogens is 748 g/mol. The lowest BCUT2D eigenvalue weighted by molar-refractivity contribution is 0.660. The first-order valence-corrected chi connectivity index (χ1v) is 21.1. The molecule has 1 aliphatic heterocycles. The summed E-state index contributed by atoms with van der Waals surface area (Å²) in [5.74, 6) is 0. The predicted molar refractivity (Wildman–Crippen MR) is 253 cm³/mol. The minimum absolute atomic E-state index is 0.0794. The van der Waals surface area contributed by atoms with Gasteiger partial charge in [-0.05, 0) is 122 Å². The summed E-state index contributed by atoms with van der Waals surface area (Å²) in [5.41, 5.74) is 21.5. The van der Waals surface area contributed by atoms with Crippen molar-refractivity contribution in [3.63, 3.8) is 0 Å². The Hall–Kier alpha value is -7.13. The highest BCUT2D eigenvalue weighted by Gasteiger charge is 2.37. The number of benzene rings is 9. The molecule has 3 heteroatoms. The van der Waals surface area contributed by atoms with E-state index in [2.05, 4.69) is 211 Å². The smallest absolute Gasteiger partial charge is 0.0648 e. The first kappa shape index (κ1) is 34.9. The summed E-state index contributed by atoms with van der Waals surface area (Å²) in [7, 11) is 0. The van der Waals surface area contributed by atoms with Crippen molar-refractivity contribution in [3.8, 4) is 61.3 Å². The number of nitrogens with zero attached hydrogens (tertiary/aromatic N) is 2. The molecular formula is C57H39ClN2. The molecule has 12 rings (SSSR count). The average molecular weight is 787 g/mol. The second kappa shape index (κ2) is 13.2. The topological polar surface area (TPSA) is 8.17 Å². The van der Waals surface area contributed by atoms with Crippen LogP contribution in [0.5, 0.6) is 0 Å². The zero-order valence-corrected chi connectivity index (χ0v) is 34.1. The summed E-state index contributed by atoms with van der Waals surface area (Å²) in [4.78, 5) is 2.37. The molecule has 0 atom stereocenters. The van der Waals surface area contributed by atoms with Gasteiger partial charge >= 0.3 is 0 Å². The van der Waals surface area contributed by atoms with E-state index in [1.807, 2.05) is 12.1 Å². The molecule has 60 heavy (non-hydrogen) atoms. The maximum Gasteiger partial charge on any atom is 0.0648 e. The van der Waals surface area contributed by atoms with Crippen LogP contribution in [0.2, 0.25) is 5.02 Å². The average Bonchev–Trinajstić information content (AvgIpc) is 3.71. The molecule has 2 heterocycles. The van der Waals surface area contributed by atoms with Crippen LogP contribution < -0.4 is 4.90 Å². The maximum atomic E-state index is 7.15. The largest absolute Gasteiger partial charge is 0.309 e. The predicted octanol–water partition coefficient (Wildman–Crippen LogP) is 16.2. The highest BCUT2D eigenvalue weighted by molar-refractivity contribution is 6.33. The van der Waals surface area contributed by atoms with E-state index in [0.717, 1.165) is 33.9 Å². The number of para-hydroxylation sites is 3. The van der Waals surface area contributed by atoms with E-state index in [0.29, 0.717) is 5.02 Å². The third kappa shape index (κ3) is 5.08. The van der Waals surface area contributed by atoms with Crippen molar-refractivity contribution >= 4 is 50.5 Å². The number of rotatable bonds is 4. The molecule has 1 aromatic heterocycles. The lowest BCUT2D eigenvalue weighted by Crippen LogP contribution is -2.14. The summed E-state index contributed by atoms with van der Waals surface area (Å²) in [6.07, 6.45) is 0. The van der Waals surface area contributed by atoms with Gasteiger partial charge in [-0.15, -0.1) is 0 Å². The van der Waals surface area contributed by atoms with Crippen LogP contribution in [-0.4, -0.2) is 4.57 Å². The van der Waals surface area contributed by atoms with Crippen LogP contribution in [0.3, 0.4) is 0 Å². The van der Waals surface area contributed by atoms with Gasteiger partial charge in [0, 0.05) is 33.0 Å². The van der Waals surface area contributed by atoms with Gasteiger partial charge < -0.3 is 9.47 Å². The third-order valence-electron chi connectivity index (χ3n) is 13.0. The first-order valence-electron chi connectivity index (χ1n) is 20.7. The van der Waals surface area contributed by atoms with Gasteiger partial charge in [0.05, 0.1) is 33.1 Å². The Morgan fingerprint density at radius 2 is 0.950 bits per heavy atom. The van der Waals surface area contributed by atoms with Crippen LogP contribution in [-0.2, 0) is 5.41 Å². The Morgan fingerprint density at radius 3 is 1.73 bits per heavy atom. The summed E-state index contributed by atoms with van der Waals surface area (Å²) >= 11 is 7.15. The zero-order chi connectivity index (χ0) is 40.1. The van der Waals surface area contributed by atoms with E-state index < -0.39 is 0 Å². The van der Waals surface area contributed by atoms with Crippen LogP contribution in [0.1, 0.15) is 25.0 Å². The fourth-order valence-corrected chi connectivity index (χ4v) is 10.4. The van der Waals surface area contributed by atoms with Gasteiger partial charge in [-0.1, -0.05) is 159 Å². The van der Waals surface area contributed by atoms with E-state index in [4.69, 9.17) is 11.6 Å². The van der Waals surface area contributed by atoms with Gasteiger partial charge in [0.25, 0.3) is 0 Å². The Morgan fingerprint density at radius 1 is 0.383 bits per heavy atom. The minimum Gasteiger partial charge on any atom is -0.309 e. The van der Waals surface area contributed by atoms with Gasteiger partial charge in [0.2, 0.25) is 0 Å². The summed E-state index contributed by atoms with van der Waals surface area (Å²) < 4.78 is 2.37. The number of anilines is 3. The van der Waals surface area contributed by atoms with Crippen molar-refractivity contribution in [2.75, 3.05) is 4.90 Å². The van der Waals surface area contributed by atoms with Crippen LogP contribution >= 0.6 is 11.6 Å². The fraction of sp³-hybridized carbons (Fsp3) is 0.0526. The molecule has 10 aromatic rings. The van der Waals surface area contributed by atoms with E-state index in [1.54, 1.807) is 0 Å². The van der Waals surface area contributed by atoms with Gasteiger partial charge in [0.15, 0.2) is 0 Å². The second-order valence-electron chi connectivity index (χ2n) is 16.6. The van der Waals surface area contributed by atoms with E-state index >= 15 is 0 Å². The molecule has 0 radical (unpaired) electrons. The highest BCUT2D eigenvalue weighted by atomic mass is 35.5. The van der Waals surface area contributed by atoms with E-state index in [-0.39, 0.29) is 5.41 Å². The second-order valence-corrected chi connectivity index (χ2v) is 17.0. The van der Waals surface area contributed by atoms with Crippen molar-refractivity contribution in [3.05, 3.63) is 216 Å². The van der Waals surface area contributed by atoms with Gasteiger partial charge in [-0.2, -0.15) is 0 Å². The van der Waals surface area contributed by atoms with Crippen LogP contribution in [0.15, 0.2) is 200 Å². The number of halogens is 1. The summed E-state index contributed by atoms with van der Waals surface area (Å²) in [6, 6.07) is 73.1.